The molecule has 4 aliphatic rings. The van der Waals surface area contributed by atoms with Crippen LogP contribution in [0.2, 0.25) is 0 Å². The van der Waals surface area contributed by atoms with Crippen LogP contribution in [0, 0.1) is 23.7 Å². The van der Waals surface area contributed by atoms with Crippen molar-refractivity contribution in [2.24, 2.45) is 23.7 Å². The molecule has 1 saturated heterocycles. The number of imide groups is 1. The minimum absolute atomic E-state index is 0.0626. The van der Waals surface area contributed by atoms with Gasteiger partial charge in [-0.15, -0.1) is 0 Å². The van der Waals surface area contributed by atoms with E-state index in [1.165, 1.54) is 0 Å². The first-order chi connectivity index (χ1) is 14.6. The molecule has 4 atom stereocenters. The van der Waals surface area contributed by atoms with Crippen molar-refractivity contribution in [3.8, 4) is 11.1 Å². The molecule has 150 valence electrons. The monoisotopic (exact) mass is 401 g/mol. The minimum atomic E-state index is -1.03. The number of hydroxylamine groups is 2. The highest BCUT2D eigenvalue weighted by Crippen LogP contribution is 2.52. The topological polar surface area (TPSA) is 72.9 Å². The molecule has 0 radical (unpaired) electrons. The fourth-order valence-electron chi connectivity index (χ4n) is 5.66. The molecule has 30 heavy (non-hydrogen) atoms. The fraction of sp³-hybridized carbons (Fsp3) is 0.292. The molecule has 2 aromatic rings. The van der Waals surface area contributed by atoms with E-state index in [2.05, 4.69) is 12.1 Å². The second kappa shape index (κ2) is 6.29. The summed E-state index contributed by atoms with van der Waals surface area (Å²) in [6.45, 7) is 0.0722. The van der Waals surface area contributed by atoms with Gasteiger partial charge in [-0.05, 0) is 40.5 Å². The van der Waals surface area contributed by atoms with Crippen molar-refractivity contribution in [3.05, 3.63) is 71.8 Å². The van der Waals surface area contributed by atoms with E-state index in [0.717, 1.165) is 28.7 Å². The molecule has 1 unspecified atom stereocenters. The van der Waals surface area contributed by atoms with Gasteiger partial charge in [0.15, 0.2) is 0 Å². The first-order valence-corrected chi connectivity index (χ1v) is 10.2. The summed E-state index contributed by atoms with van der Waals surface area (Å²) >= 11 is 0. The van der Waals surface area contributed by atoms with Crippen molar-refractivity contribution in [1.29, 1.82) is 0 Å². The van der Waals surface area contributed by atoms with Crippen molar-refractivity contribution < 1.29 is 24.0 Å². The minimum Gasteiger partial charge on any atom is -0.432 e. The largest absolute Gasteiger partial charge is 0.533 e. The Morgan fingerprint density at radius 3 is 1.97 bits per heavy atom. The average Bonchev–Trinajstić information content (AvgIpc) is 3.51. The van der Waals surface area contributed by atoms with Gasteiger partial charge >= 0.3 is 6.16 Å². The number of benzene rings is 2. The zero-order valence-electron chi connectivity index (χ0n) is 16.1. The van der Waals surface area contributed by atoms with Gasteiger partial charge in [0.05, 0.1) is 11.8 Å². The molecule has 6 nitrogen and oxygen atoms in total. The number of carbonyl (C=O) groups excluding carboxylic acids is 3. The van der Waals surface area contributed by atoms with Gasteiger partial charge in [0.2, 0.25) is 0 Å². The van der Waals surface area contributed by atoms with E-state index < -0.39 is 29.8 Å². The number of amides is 2. The molecule has 0 N–H and O–H groups in total. The van der Waals surface area contributed by atoms with Crippen LogP contribution in [0.1, 0.15) is 23.5 Å². The van der Waals surface area contributed by atoms with Gasteiger partial charge in [-0.1, -0.05) is 65.7 Å². The standard InChI is InChI=1S/C24H19NO5/c26-22-20-13-9-10-14(11-13)21(20)23(27)25(22)30-24(28)29-12-19-17-7-3-1-5-15(17)16-6-2-4-8-18(16)19/h1-10,13-14,19-21H,11-12H2/t13-,14?,20+,21-/m0/s1. The number of hydrogen-bond donors (Lipinski definition) is 0. The van der Waals surface area contributed by atoms with E-state index in [0.29, 0.717) is 5.06 Å². The lowest BCUT2D eigenvalue weighted by Gasteiger charge is -2.17. The van der Waals surface area contributed by atoms with Crippen molar-refractivity contribution in [1.82, 2.24) is 5.06 Å². The first-order valence-electron chi connectivity index (χ1n) is 10.2. The number of allylic oxidation sites excluding steroid dienone is 2. The molecule has 2 amide bonds. The Balaban J connectivity index is 1.16. The second-order valence-electron chi connectivity index (χ2n) is 8.35. The first kappa shape index (κ1) is 17.4. The van der Waals surface area contributed by atoms with Crippen LogP contribution < -0.4 is 0 Å². The van der Waals surface area contributed by atoms with Crippen LogP contribution in [-0.2, 0) is 19.2 Å². The molecule has 0 aromatic heterocycles. The van der Waals surface area contributed by atoms with E-state index in [9.17, 15) is 14.4 Å². The average molecular weight is 401 g/mol. The van der Waals surface area contributed by atoms with Crippen molar-refractivity contribution in [2.45, 2.75) is 12.3 Å². The summed E-state index contributed by atoms with van der Waals surface area (Å²) in [6, 6.07) is 16.0. The summed E-state index contributed by atoms with van der Waals surface area (Å²) in [7, 11) is 0. The lowest BCUT2D eigenvalue weighted by Crippen LogP contribution is -2.35. The molecule has 0 spiro atoms. The zero-order valence-corrected chi connectivity index (χ0v) is 16.1. The van der Waals surface area contributed by atoms with Crippen molar-refractivity contribution in [2.75, 3.05) is 6.61 Å². The maximum atomic E-state index is 12.6. The molecular formula is C24H19NO5. The van der Waals surface area contributed by atoms with Crippen LogP contribution in [0.15, 0.2) is 60.7 Å². The highest BCUT2D eigenvalue weighted by molar-refractivity contribution is 6.05. The van der Waals surface area contributed by atoms with E-state index in [4.69, 9.17) is 9.57 Å². The molecule has 1 saturated carbocycles. The summed E-state index contributed by atoms with van der Waals surface area (Å²) in [5, 5.41) is 0.625. The van der Waals surface area contributed by atoms with Crippen LogP contribution in [0.5, 0.6) is 0 Å². The zero-order chi connectivity index (χ0) is 20.4. The third-order valence-corrected chi connectivity index (χ3v) is 6.93. The van der Waals surface area contributed by atoms with Crippen molar-refractivity contribution >= 4 is 18.0 Å². The maximum absolute atomic E-state index is 12.6. The van der Waals surface area contributed by atoms with E-state index in [1.54, 1.807) is 0 Å². The third kappa shape index (κ3) is 2.33. The van der Waals surface area contributed by atoms with Crippen LogP contribution >= 0.6 is 0 Å². The molecule has 1 aliphatic heterocycles. The number of fused-ring (bicyclic) bond motifs is 8. The molecule has 6 rings (SSSR count). The third-order valence-electron chi connectivity index (χ3n) is 6.93. The second-order valence-corrected chi connectivity index (χ2v) is 8.35. The van der Waals surface area contributed by atoms with Gasteiger partial charge in [0.1, 0.15) is 6.61 Å². The molecule has 2 fully saturated rings. The van der Waals surface area contributed by atoms with E-state index >= 15 is 0 Å². The van der Waals surface area contributed by atoms with Gasteiger partial charge in [-0.25, -0.2) is 4.79 Å². The van der Waals surface area contributed by atoms with Gasteiger partial charge in [0.25, 0.3) is 11.8 Å². The Labute approximate surface area is 173 Å². The summed E-state index contributed by atoms with van der Waals surface area (Å²) in [6.07, 6.45) is 3.78. The Kier molecular flexibility index (Phi) is 3.66. The highest BCUT2D eigenvalue weighted by Gasteiger charge is 2.61. The van der Waals surface area contributed by atoms with Crippen LogP contribution in [0.4, 0.5) is 4.79 Å². The van der Waals surface area contributed by atoms with Crippen LogP contribution in [0.25, 0.3) is 11.1 Å². The SMILES string of the molecule is O=C(OCC1c2ccccc2-c2ccccc21)ON1C(=O)[C@@H]2[C@H]3C=CC(C3)[C@@H]2C1=O. The fourth-order valence-corrected chi connectivity index (χ4v) is 5.66. The summed E-state index contributed by atoms with van der Waals surface area (Å²) in [5.74, 6) is -1.68. The quantitative estimate of drug-likeness (QED) is 0.446. The number of nitrogens with zero attached hydrogens (tertiary/aromatic N) is 1. The Morgan fingerprint density at radius 1 is 0.867 bits per heavy atom. The van der Waals surface area contributed by atoms with Gasteiger partial charge in [0, 0.05) is 5.92 Å². The molecule has 2 bridgehead atoms. The molecule has 6 heteroatoms. The smallest absolute Gasteiger partial charge is 0.432 e. The summed E-state index contributed by atoms with van der Waals surface area (Å²) < 4.78 is 5.37. The maximum Gasteiger partial charge on any atom is 0.533 e. The van der Waals surface area contributed by atoms with Crippen LogP contribution in [-0.4, -0.2) is 29.6 Å². The normalized spacial score (nSPS) is 27.9. The lowest BCUT2D eigenvalue weighted by molar-refractivity contribution is -0.179. The number of hydrogen-bond acceptors (Lipinski definition) is 5. The van der Waals surface area contributed by atoms with Gasteiger partial charge < -0.3 is 4.74 Å². The lowest BCUT2D eigenvalue weighted by atomic mass is 9.85. The van der Waals surface area contributed by atoms with Gasteiger partial charge in [-0.3, -0.25) is 14.4 Å². The molecular weight excluding hydrogens is 382 g/mol. The number of ether oxygens (including phenoxy) is 1. The Hall–Kier alpha value is -3.41. The predicted octanol–water partition coefficient (Wildman–Crippen LogP) is 3.67. The molecule has 3 aliphatic carbocycles. The van der Waals surface area contributed by atoms with Crippen LogP contribution in [0.3, 0.4) is 0 Å². The summed E-state index contributed by atoms with van der Waals surface area (Å²) in [5.41, 5.74) is 4.40. The number of rotatable bonds is 3. The predicted molar refractivity (Wildman–Crippen MR) is 106 cm³/mol. The number of carbonyl (C=O) groups is 3. The van der Waals surface area contributed by atoms with Gasteiger partial charge in [-0.2, -0.15) is 0 Å². The van der Waals surface area contributed by atoms with E-state index in [-0.39, 0.29) is 24.4 Å². The Morgan fingerprint density at radius 2 is 1.40 bits per heavy atom. The summed E-state index contributed by atoms with van der Waals surface area (Å²) in [4.78, 5) is 42.7. The highest BCUT2D eigenvalue weighted by atomic mass is 16.8. The Bertz CT molecular complexity index is 1050. The molecule has 2 aromatic carbocycles. The molecule has 1 heterocycles. The van der Waals surface area contributed by atoms with Crippen molar-refractivity contribution in [3.63, 3.8) is 0 Å². The van der Waals surface area contributed by atoms with E-state index in [1.807, 2.05) is 48.6 Å².